The maximum absolute atomic E-state index is 14.0. The minimum Gasteiger partial charge on any atom is -0.493 e. The van der Waals surface area contributed by atoms with Gasteiger partial charge in [-0.05, 0) is 48.4 Å². The van der Waals surface area contributed by atoms with Crippen molar-refractivity contribution in [3.63, 3.8) is 0 Å². The fourth-order valence-electron chi connectivity index (χ4n) is 4.15. The van der Waals surface area contributed by atoms with Gasteiger partial charge in [-0.15, -0.1) is 0 Å². The van der Waals surface area contributed by atoms with Gasteiger partial charge < -0.3 is 19.7 Å². The molecule has 1 N–H and O–H groups in total. The van der Waals surface area contributed by atoms with E-state index in [1.807, 2.05) is 0 Å². The Hall–Kier alpha value is -3.47. The summed E-state index contributed by atoms with van der Waals surface area (Å²) in [6.45, 7) is 1.14. The normalized spacial score (nSPS) is 11.8. The SMILES string of the molecule is CCC(C(=O)NC)N(Cc1ccc(Cl)cc1Cl)C(=O)CN(c1ccccc1)S(=O)(=O)c1ccc(OC)c(OC)c1. The van der Waals surface area contributed by atoms with Crippen LogP contribution in [0.25, 0.3) is 0 Å². The van der Waals surface area contributed by atoms with Crippen LogP contribution >= 0.6 is 23.2 Å². The highest BCUT2D eigenvalue weighted by Gasteiger charge is 2.34. The lowest BCUT2D eigenvalue weighted by atomic mass is 10.1. The number of benzene rings is 3. The minimum atomic E-state index is -4.28. The Bertz CT molecular complexity index is 1450. The summed E-state index contributed by atoms with van der Waals surface area (Å²) in [5.41, 5.74) is 0.818. The van der Waals surface area contributed by atoms with Gasteiger partial charge in [0.25, 0.3) is 10.0 Å². The fourth-order valence-corrected chi connectivity index (χ4v) is 6.05. The van der Waals surface area contributed by atoms with E-state index in [0.717, 1.165) is 4.31 Å². The number of nitrogens with zero attached hydrogens (tertiary/aromatic N) is 2. The van der Waals surface area contributed by atoms with Gasteiger partial charge in [-0.25, -0.2) is 8.42 Å². The van der Waals surface area contributed by atoms with Crippen molar-refractivity contribution in [1.82, 2.24) is 10.2 Å². The van der Waals surface area contributed by atoms with Crippen molar-refractivity contribution >= 4 is 50.7 Å². The largest absolute Gasteiger partial charge is 0.493 e. The van der Waals surface area contributed by atoms with Crippen LogP contribution in [0.1, 0.15) is 18.9 Å². The Balaban J connectivity index is 2.09. The molecule has 0 spiro atoms. The highest BCUT2D eigenvalue weighted by atomic mass is 35.5. The zero-order chi connectivity index (χ0) is 29.4. The molecule has 0 saturated heterocycles. The van der Waals surface area contributed by atoms with Crippen molar-refractivity contribution in [3.05, 3.63) is 82.3 Å². The third-order valence-electron chi connectivity index (χ3n) is 6.25. The number of hydrogen-bond acceptors (Lipinski definition) is 6. The number of amides is 2. The molecule has 2 amide bonds. The average Bonchev–Trinajstić information content (AvgIpc) is 2.96. The Labute approximate surface area is 244 Å². The predicted octanol–water partition coefficient (Wildman–Crippen LogP) is 4.76. The number of carbonyl (C=O) groups is 2. The number of ether oxygens (including phenoxy) is 2. The molecule has 0 aliphatic rings. The van der Waals surface area contributed by atoms with Crippen LogP contribution in [0.15, 0.2) is 71.6 Å². The Morgan fingerprint density at radius 3 is 2.20 bits per heavy atom. The van der Waals surface area contributed by atoms with Crippen LogP contribution in [-0.2, 0) is 26.2 Å². The summed E-state index contributed by atoms with van der Waals surface area (Å²) in [7, 11) is 0.0365. The Kier molecular flexibility index (Phi) is 10.7. The summed E-state index contributed by atoms with van der Waals surface area (Å²) in [4.78, 5) is 28.0. The first-order valence-electron chi connectivity index (χ1n) is 12.3. The molecule has 0 radical (unpaired) electrons. The molecule has 3 rings (SSSR count). The number of likely N-dealkylation sites (N-methyl/N-ethyl adjacent to an activating group) is 1. The topological polar surface area (TPSA) is 105 Å². The molecule has 0 heterocycles. The third kappa shape index (κ3) is 6.99. The molecule has 0 aliphatic carbocycles. The molecule has 0 bridgehead atoms. The van der Waals surface area contributed by atoms with Crippen LogP contribution in [0, 0.1) is 0 Å². The van der Waals surface area contributed by atoms with Gasteiger partial charge in [-0.2, -0.15) is 0 Å². The Morgan fingerprint density at radius 2 is 1.62 bits per heavy atom. The van der Waals surface area contributed by atoms with Crippen LogP contribution in [-0.4, -0.2) is 59.0 Å². The lowest BCUT2D eigenvalue weighted by molar-refractivity contribution is -0.140. The first kappa shape index (κ1) is 31.1. The van der Waals surface area contributed by atoms with Gasteiger partial charge in [-0.3, -0.25) is 13.9 Å². The molecular formula is C28H31Cl2N3O6S. The monoisotopic (exact) mass is 607 g/mol. The van der Waals surface area contributed by atoms with Crippen LogP contribution in [0.5, 0.6) is 11.5 Å². The van der Waals surface area contributed by atoms with Crippen LogP contribution in [0.4, 0.5) is 5.69 Å². The molecule has 0 aromatic heterocycles. The lowest BCUT2D eigenvalue weighted by Gasteiger charge is -2.33. The van der Waals surface area contributed by atoms with E-state index in [-0.39, 0.29) is 29.3 Å². The second kappa shape index (κ2) is 13.7. The van der Waals surface area contributed by atoms with E-state index in [4.69, 9.17) is 32.7 Å². The van der Waals surface area contributed by atoms with E-state index in [0.29, 0.717) is 21.4 Å². The van der Waals surface area contributed by atoms with E-state index in [1.165, 1.54) is 44.4 Å². The highest BCUT2D eigenvalue weighted by Crippen LogP contribution is 2.32. The van der Waals surface area contributed by atoms with Gasteiger partial charge in [0.15, 0.2) is 11.5 Å². The van der Waals surface area contributed by atoms with Crippen LogP contribution in [0.3, 0.4) is 0 Å². The molecule has 0 aliphatic heterocycles. The second-order valence-electron chi connectivity index (χ2n) is 8.66. The standard InChI is InChI=1S/C28H31Cl2N3O6S/c1-5-24(28(35)31-2)32(17-19-11-12-20(29)15-23(19)30)27(34)18-33(21-9-7-6-8-10-21)40(36,37)22-13-14-25(38-3)26(16-22)39-4/h6-16,24H,5,17-18H2,1-4H3,(H,31,35). The zero-order valence-electron chi connectivity index (χ0n) is 22.6. The van der Waals surface area contributed by atoms with Crippen molar-refractivity contribution in [3.8, 4) is 11.5 Å². The van der Waals surface area contributed by atoms with E-state index in [1.54, 1.807) is 55.5 Å². The summed E-state index contributed by atoms with van der Waals surface area (Å²) in [5.74, 6) is -0.428. The minimum absolute atomic E-state index is 0.0419. The number of sulfonamides is 1. The van der Waals surface area contributed by atoms with E-state index >= 15 is 0 Å². The van der Waals surface area contributed by atoms with Gasteiger partial charge in [0, 0.05) is 29.7 Å². The number of carbonyl (C=O) groups excluding carboxylic acids is 2. The molecule has 214 valence electrons. The second-order valence-corrected chi connectivity index (χ2v) is 11.4. The van der Waals surface area contributed by atoms with Gasteiger partial charge in [0.2, 0.25) is 11.8 Å². The molecule has 40 heavy (non-hydrogen) atoms. The van der Waals surface area contributed by atoms with Gasteiger partial charge in [0.05, 0.1) is 24.8 Å². The number of halogens is 2. The molecule has 0 saturated carbocycles. The maximum Gasteiger partial charge on any atom is 0.264 e. The number of rotatable bonds is 12. The number of hydrogen-bond donors (Lipinski definition) is 1. The quantitative estimate of drug-likeness (QED) is 0.318. The number of methoxy groups -OCH3 is 2. The van der Waals surface area contributed by atoms with E-state index < -0.39 is 34.4 Å². The molecule has 12 heteroatoms. The van der Waals surface area contributed by atoms with Crippen molar-refractivity contribution < 1.29 is 27.5 Å². The highest BCUT2D eigenvalue weighted by molar-refractivity contribution is 7.92. The lowest BCUT2D eigenvalue weighted by Crippen LogP contribution is -2.51. The van der Waals surface area contributed by atoms with Gasteiger partial charge >= 0.3 is 0 Å². The summed E-state index contributed by atoms with van der Waals surface area (Å²) in [6.07, 6.45) is 0.282. The Morgan fingerprint density at radius 1 is 0.950 bits per heavy atom. The average molecular weight is 609 g/mol. The van der Waals surface area contributed by atoms with Crippen molar-refractivity contribution in [2.75, 3.05) is 32.1 Å². The molecule has 3 aromatic rings. The molecule has 3 aromatic carbocycles. The smallest absolute Gasteiger partial charge is 0.264 e. The van der Waals surface area contributed by atoms with Crippen LogP contribution in [0.2, 0.25) is 10.0 Å². The zero-order valence-corrected chi connectivity index (χ0v) is 24.9. The van der Waals surface area contributed by atoms with Crippen molar-refractivity contribution in [2.24, 2.45) is 0 Å². The fraction of sp³-hybridized carbons (Fsp3) is 0.286. The van der Waals surface area contributed by atoms with E-state index in [2.05, 4.69) is 5.32 Å². The molecular weight excluding hydrogens is 577 g/mol. The maximum atomic E-state index is 14.0. The van der Waals surface area contributed by atoms with Gasteiger partial charge in [0.1, 0.15) is 12.6 Å². The summed E-state index contributed by atoms with van der Waals surface area (Å²) in [6, 6.07) is 16.4. The third-order valence-corrected chi connectivity index (χ3v) is 8.61. The first-order valence-corrected chi connectivity index (χ1v) is 14.5. The molecule has 0 fully saturated rings. The number of nitrogens with one attached hydrogen (secondary N) is 1. The van der Waals surface area contributed by atoms with Gasteiger partial charge in [-0.1, -0.05) is 54.4 Å². The summed E-state index contributed by atoms with van der Waals surface area (Å²) in [5, 5.41) is 3.31. The predicted molar refractivity (Wildman–Crippen MR) is 156 cm³/mol. The van der Waals surface area contributed by atoms with Crippen molar-refractivity contribution in [1.29, 1.82) is 0 Å². The number of anilines is 1. The molecule has 1 atom stereocenters. The first-order chi connectivity index (χ1) is 19.1. The van der Waals surface area contributed by atoms with Crippen LogP contribution < -0.4 is 19.1 Å². The van der Waals surface area contributed by atoms with E-state index in [9.17, 15) is 18.0 Å². The summed E-state index contributed by atoms with van der Waals surface area (Å²) >= 11 is 12.4. The van der Waals surface area contributed by atoms with Crippen molar-refractivity contribution in [2.45, 2.75) is 30.8 Å². The molecule has 9 nitrogen and oxygen atoms in total. The number of para-hydroxylation sites is 1. The molecule has 1 unspecified atom stereocenters. The summed E-state index contributed by atoms with van der Waals surface area (Å²) < 4.78 is 39.5.